The third kappa shape index (κ3) is 5.27. The van der Waals surface area contributed by atoms with Crippen LogP contribution in [0.4, 0.5) is 4.79 Å². The van der Waals surface area contributed by atoms with Crippen molar-refractivity contribution in [3.05, 3.63) is 97.0 Å². The monoisotopic (exact) mass is 627 g/mol. The zero-order valence-corrected chi connectivity index (χ0v) is 26.3. The molecule has 2 fully saturated rings. The van der Waals surface area contributed by atoms with Crippen molar-refractivity contribution in [2.75, 3.05) is 13.2 Å². The van der Waals surface area contributed by atoms with Crippen LogP contribution in [0.1, 0.15) is 39.2 Å². The lowest BCUT2D eigenvalue weighted by Crippen LogP contribution is -2.64. The molecule has 5 heterocycles. The minimum atomic E-state index is -0.691. The van der Waals surface area contributed by atoms with Gasteiger partial charge in [-0.3, -0.25) is 4.40 Å². The van der Waals surface area contributed by atoms with E-state index in [0.717, 1.165) is 38.9 Å². The van der Waals surface area contributed by atoms with E-state index < -0.39 is 23.0 Å². The van der Waals surface area contributed by atoms with Crippen molar-refractivity contribution in [1.82, 2.24) is 34.9 Å². The van der Waals surface area contributed by atoms with E-state index in [4.69, 9.17) is 19.2 Å². The molecule has 4 aromatic heterocycles. The molecule has 236 valence electrons. The standard InChI is InChI=1S/C36H33N7O4/c1-34(2,3)47-33(44)40-35(21-36(22-35)45-18-19-46-36)25-12-10-24(11-13-25)29-26(23-8-5-4-6-9-23)20-27-28(39-29)14-17-43-31(27)41-42-32(43)30-37-15-7-16-38-30/h4-17,20H,18-19,21-22H2,1-3H3,(H,40,44). The summed E-state index contributed by atoms with van der Waals surface area (Å²) in [7, 11) is 0. The van der Waals surface area contributed by atoms with Gasteiger partial charge in [0.25, 0.3) is 0 Å². The Balaban J connectivity index is 1.20. The highest BCUT2D eigenvalue weighted by Crippen LogP contribution is 2.53. The molecular weight excluding hydrogens is 594 g/mol. The largest absolute Gasteiger partial charge is 0.444 e. The lowest BCUT2D eigenvalue weighted by atomic mass is 9.67. The number of aromatic nitrogens is 6. The Hall–Kier alpha value is -5.26. The second kappa shape index (κ2) is 10.9. The molecule has 2 aliphatic rings. The summed E-state index contributed by atoms with van der Waals surface area (Å²) in [5.41, 5.74) is 4.82. The first kappa shape index (κ1) is 29.2. The van der Waals surface area contributed by atoms with Crippen molar-refractivity contribution in [3.63, 3.8) is 0 Å². The first-order valence-electron chi connectivity index (χ1n) is 15.6. The number of nitrogens with one attached hydrogen (secondary N) is 1. The quantitative estimate of drug-likeness (QED) is 0.234. The van der Waals surface area contributed by atoms with Gasteiger partial charge < -0.3 is 19.5 Å². The van der Waals surface area contributed by atoms with Gasteiger partial charge in [-0.2, -0.15) is 0 Å². The smallest absolute Gasteiger partial charge is 0.408 e. The second-order valence-corrected chi connectivity index (χ2v) is 13.0. The number of alkyl carbamates (subject to hydrolysis) is 1. The molecule has 1 spiro atoms. The molecule has 0 atom stereocenters. The zero-order chi connectivity index (χ0) is 32.2. The Bertz CT molecular complexity index is 2100. The molecule has 11 nitrogen and oxygen atoms in total. The van der Waals surface area contributed by atoms with Crippen LogP contribution in [0.5, 0.6) is 0 Å². The minimum Gasteiger partial charge on any atom is -0.444 e. The summed E-state index contributed by atoms with van der Waals surface area (Å²) in [4.78, 5) is 26.9. The number of ether oxygens (including phenoxy) is 3. The van der Waals surface area contributed by atoms with Crippen molar-refractivity contribution in [2.45, 2.75) is 50.5 Å². The summed E-state index contributed by atoms with van der Waals surface area (Å²) in [5.74, 6) is 0.367. The molecular formula is C36H33N7O4. The van der Waals surface area contributed by atoms with Crippen LogP contribution in [0.25, 0.3) is 50.6 Å². The molecule has 1 saturated heterocycles. The number of hydrogen-bond acceptors (Lipinski definition) is 9. The molecule has 8 rings (SSSR count). The average Bonchev–Trinajstić information content (AvgIpc) is 3.72. The minimum absolute atomic E-state index is 0.473. The molecule has 1 aliphatic heterocycles. The lowest BCUT2D eigenvalue weighted by molar-refractivity contribution is -0.245. The Morgan fingerprint density at radius 1 is 0.894 bits per heavy atom. The second-order valence-electron chi connectivity index (χ2n) is 13.0. The van der Waals surface area contributed by atoms with E-state index >= 15 is 0 Å². The Kier molecular flexibility index (Phi) is 6.78. The maximum atomic E-state index is 13.0. The summed E-state index contributed by atoms with van der Waals surface area (Å²) < 4.78 is 19.4. The van der Waals surface area contributed by atoms with Crippen molar-refractivity contribution < 1.29 is 19.0 Å². The molecule has 1 saturated carbocycles. The highest BCUT2D eigenvalue weighted by atomic mass is 16.7. The highest BCUT2D eigenvalue weighted by molar-refractivity contribution is 5.98. The number of fused-ring (bicyclic) bond motifs is 3. The summed E-state index contributed by atoms with van der Waals surface area (Å²) >= 11 is 0. The van der Waals surface area contributed by atoms with Gasteiger partial charge in [-0.15, -0.1) is 10.2 Å². The number of pyridine rings is 2. The van der Waals surface area contributed by atoms with Crippen LogP contribution in [0, 0.1) is 0 Å². The fourth-order valence-electron chi connectivity index (χ4n) is 6.60. The first-order valence-corrected chi connectivity index (χ1v) is 15.6. The first-order chi connectivity index (χ1) is 22.7. The van der Waals surface area contributed by atoms with E-state index in [9.17, 15) is 4.79 Å². The molecule has 1 N–H and O–H groups in total. The number of carbonyl (C=O) groups is 1. The van der Waals surface area contributed by atoms with E-state index in [0.29, 0.717) is 43.4 Å². The summed E-state index contributed by atoms with van der Waals surface area (Å²) in [6.07, 6.45) is 5.78. The van der Waals surface area contributed by atoms with E-state index in [-0.39, 0.29) is 0 Å². The van der Waals surface area contributed by atoms with Crippen molar-refractivity contribution in [3.8, 4) is 34.0 Å². The van der Waals surface area contributed by atoms with Crippen LogP contribution < -0.4 is 5.32 Å². The van der Waals surface area contributed by atoms with Gasteiger partial charge in [-0.05, 0) is 50.1 Å². The lowest BCUT2D eigenvalue weighted by Gasteiger charge is -2.53. The number of rotatable bonds is 5. The van der Waals surface area contributed by atoms with Gasteiger partial charge in [0.15, 0.2) is 17.3 Å². The maximum absolute atomic E-state index is 13.0. The maximum Gasteiger partial charge on any atom is 0.408 e. The van der Waals surface area contributed by atoms with Gasteiger partial charge >= 0.3 is 6.09 Å². The molecule has 47 heavy (non-hydrogen) atoms. The normalized spacial score (nSPS) is 16.7. The van der Waals surface area contributed by atoms with Crippen LogP contribution in [0.15, 0.2) is 91.4 Å². The molecule has 0 unspecified atom stereocenters. The molecule has 6 aromatic rings. The average molecular weight is 628 g/mol. The fourth-order valence-corrected chi connectivity index (χ4v) is 6.60. The number of benzene rings is 2. The molecule has 0 radical (unpaired) electrons. The summed E-state index contributed by atoms with van der Waals surface area (Å²) in [5, 5.41) is 12.9. The fraction of sp³-hybridized carbons (Fsp3) is 0.278. The predicted octanol–water partition coefficient (Wildman–Crippen LogP) is 6.33. The van der Waals surface area contributed by atoms with Crippen LogP contribution >= 0.6 is 0 Å². The third-order valence-electron chi connectivity index (χ3n) is 8.63. The zero-order valence-electron chi connectivity index (χ0n) is 26.3. The van der Waals surface area contributed by atoms with E-state index in [1.165, 1.54) is 0 Å². The predicted molar refractivity (Wildman–Crippen MR) is 175 cm³/mol. The Morgan fingerprint density at radius 3 is 2.32 bits per heavy atom. The van der Waals surface area contributed by atoms with Gasteiger partial charge in [-0.1, -0.05) is 54.6 Å². The van der Waals surface area contributed by atoms with Gasteiger partial charge in [-0.25, -0.2) is 19.7 Å². The van der Waals surface area contributed by atoms with Gasteiger partial charge in [0.2, 0.25) is 5.82 Å². The number of carbonyl (C=O) groups excluding carboxylic acids is 1. The topological polar surface area (TPSA) is 126 Å². The number of hydrogen-bond donors (Lipinski definition) is 1. The molecule has 11 heteroatoms. The number of amides is 1. The third-order valence-corrected chi connectivity index (χ3v) is 8.63. The highest BCUT2D eigenvalue weighted by Gasteiger charge is 2.60. The molecule has 0 bridgehead atoms. The molecule has 1 amide bonds. The van der Waals surface area contributed by atoms with Gasteiger partial charge in [0.05, 0.1) is 30.0 Å². The SMILES string of the molecule is CC(C)(C)OC(=O)NC1(c2ccc(-c3nc4ccn5c(-c6ncccn6)nnc5c4cc3-c3ccccc3)cc2)CC2(C1)OCCO2. The summed E-state index contributed by atoms with van der Waals surface area (Å²) in [6, 6.07) is 24.2. The van der Waals surface area contributed by atoms with Gasteiger partial charge in [0, 0.05) is 47.9 Å². The number of nitrogens with zero attached hydrogens (tertiary/aromatic N) is 6. The van der Waals surface area contributed by atoms with Crippen LogP contribution in [0.2, 0.25) is 0 Å². The molecule has 1 aliphatic carbocycles. The van der Waals surface area contributed by atoms with Crippen LogP contribution in [-0.4, -0.2) is 60.2 Å². The van der Waals surface area contributed by atoms with E-state index in [1.54, 1.807) is 18.5 Å². The van der Waals surface area contributed by atoms with Crippen molar-refractivity contribution in [2.24, 2.45) is 0 Å². The summed E-state index contributed by atoms with van der Waals surface area (Å²) in [6.45, 7) is 6.64. The van der Waals surface area contributed by atoms with Crippen molar-refractivity contribution >= 4 is 22.6 Å². The van der Waals surface area contributed by atoms with E-state index in [2.05, 4.69) is 55.8 Å². The Morgan fingerprint density at radius 2 is 1.62 bits per heavy atom. The molecule has 2 aromatic carbocycles. The van der Waals surface area contributed by atoms with Crippen LogP contribution in [-0.2, 0) is 19.7 Å². The van der Waals surface area contributed by atoms with Crippen LogP contribution in [0.3, 0.4) is 0 Å². The van der Waals surface area contributed by atoms with Crippen molar-refractivity contribution in [1.29, 1.82) is 0 Å². The van der Waals surface area contributed by atoms with E-state index in [1.807, 2.05) is 67.8 Å². The van der Waals surface area contributed by atoms with Gasteiger partial charge in [0.1, 0.15) is 5.60 Å². The Labute approximate surface area is 271 Å².